The summed E-state index contributed by atoms with van der Waals surface area (Å²) in [6, 6.07) is -0.134. The van der Waals surface area contributed by atoms with Gasteiger partial charge in [-0.2, -0.15) is 0 Å². The third-order valence-corrected chi connectivity index (χ3v) is 3.21. The highest BCUT2D eigenvalue weighted by Crippen LogP contribution is 2.18. The lowest BCUT2D eigenvalue weighted by Crippen LogP contribution is -2.47. The standard InChI is InChI=1S/C13H24N2O3/c1-13(2,3)6-7-14-12(18)15-8-4-5-10(9-15)11(16)17/h10H,4-9H2,1-3H3,(H,14,18)(H,16,17)/t10-/m1/s1. The number of piperidine rings is 1. The number of nitrogens with one attached hydrogen (secondary N) is 1. The number of nitrogens with zero attached hydrogens (tertiary/aromatic N) is 1. The average Bonchev–Trinajstić information content (AvgIpc) is 2.27. The fourth-order valence-electron chi connectivity index (χ4n) is 2.02. The molecule has 5 nitrogen and oxygen atoms in total. The zero-order valence-electron chi connectivity index (χ0n) is 11.5. The fourth-order valence-corrected chi connectivity index (χ4v) is 2.02. The lowest BCUT2D eigenvalue weighted by atomic mass is 9.92. The number of hydrogen-bond donors (Lipinski definition) is 2. The molecule has 0 spiro atoms. The summed E-state index contributed by atoms with van der Waals surface area (Å²) in [5.41, 5.74) is 0.193. The van der Waals surface area contributed by atoms with Crippen molar-refractivity contribution in [3.63, 3.8) is 0 Å². The molecule has 18 heavy (non-hydrogen) atoms. The summed E-state index contributed by atoms with van der Waals surface area (Å²) >= 11 is 0. The van der Waals surface area contributed by atoms with E-state index in [1.165, 1.54) is 0 Å². The Hall–Kier alpha value is -1.26. The molecular formula is C13H24N2O3. The van der Waals surface area contributed by atoms with E-state index in [4.69, 9.17) is 5.11 Å². The molecule has 0 unspecified atom stereocenters. The second-order valence-corrected chi connectivity index (χ2v) is 6.17. The Morgan fingerprint density at radius 2 is 2.06 bits per heavy atom. The molecule has 1 heterocycles. The zero-order chi connectivity index (χ0) is 13.8. The molecule has 0 aromatic heterocycles. The Labute approximate surface area is 109 Å². The summed E-state index contributed by atoms with van der Waals surface area (Å²) in [7, 11) is 0. The smallest absolute Gasteiger partial charge is 0.317 e. The molecule has 1 aliphatic rings. The number of carboxylic acid groups (broad SMARTS) is 1. The predicted molar refractivity (Wildman–Crippen MR) is 69.4 cm³/mol. The molecule has 0 bridgehead atoms. The summed E-state index contributed by atoms with van der Waals surface area (Å²) in [5.74, 6) is -1.21. The predicted octanol–water partition coefficient (Wildman–Crippen LogP) is 1.93. The van der Waals surface area contributed by atoms with Crippen LogP contribution in [0, 0.1) is 11.3 Å². The molecule has 0 aromatic rings. The maximum Gasteiger partial charge on any atom is 0.317 e. The van der Waals surface area contributed by atoms with Crippen LogP contribution < -0.4 is 5.32 Å². The molecule has 0 aliphatic carbocycles. The molecule has 1 atom stereocenters. The first kappa shape index (κ1) is 14.8. The second kappa shape index (κ2) is 6.07. The van der Waals surface area contributed by atoms with Crippen molar-refractivity contribution in [3.05, 3.63) is 0 Å². The number of rotatable bonds is 3. The van der Waals surface area contributed by atoms with Gasteiger partial charge in [0.2, 0.25) is 0 Å². The molecule has 2 N–H and O–H groups in total. The van der Waals surface area contributed by atoms with Gasteiger partial charge in [0.05, 0.1) is 5.92 Å². The Morgan fingerprint density at radius 3 is 2.61 bits per heavy atom. The molecule has 0 aromatic carbocycles. The highest BCUT2D eigenvalue weighted by atomic mass is 16.4. The van der Waals surface area contributed by atoms with E-state index in [2.05, 4.69) is 26.1 Å². The van der Waals surface area contributed by atoms with Gasteiger partial charge in [0.25, 0.3) is 0 Å². The highest BCUT2D eigenvalue weighted by Gasteiger charge is 2.27. The molecule has 104 valence electrons. The summed E-state index contributed by atoms with van der Waals surface area (Å²) in [6.45, 7) is 8.00. The number of aliphatic carboxylic acids is 1. The van der Waals surface area contributed by atoms with Crippen molar-refractivity contribution in [2.45, 2.75) is 40.0 Å². The van der Waals surface area contributed by atoms with Crippen LogP contribution in [0.2, 0.25) is 0 Å². The quantitative estimate of drug-likeness (QED) is 0.810. The molecule has 5 heteroatoms. The lowest BCUT2D eigenvalue weighted by Gasteiger charge is -2.31. The number of urea groups is 1. The van der Waals surface area contributed by atoms with Crippen LogP contribution in [-0.2, 0) is 4.79 Å². The Kier molecular flexibility index (Phi) is 4.99. The molecule has 1 aliphatic heterocycles. The van der Waals surface area contributed by atoms with Gasteiger partial charge in [-0.25, -0.2) is 4.79 Å². The van der Waals surface area contributed by atoms with Crippen LogP contribution in [0.5, 0.6) is 0 Å². The van der Waals surface area contributed by atoms with Crippen molar-refractivity contribution in [2.24, 2.45) is 11.3 Å². The van der Waals surface area contributed by atoms with Crippen LogP contribution >= 0.6 is 0 Å². The minimum absolute atomic E-state index is 0.134. The van der Waals surface area contributed by atoms with E-state index in [1.54, 1.807) is 4.90 Å². The third-order valence-electron chi connectivity index (χ3n) is 3.21. The molecule has 2 amide bonds. The van der Waals surface area contributed by atoms with Gasteiger partial charge < -0.3 is 15.3 Å². The minimum atomic E-state index is -0.804. The molecule has 1 saturated heterocycles. The van der Waals surface area contributed by atoms with Crippen LogP contribution in [-0.4, -0.2) is 41.6 Å². The van der Waals surface area contributed by atoms with Gasteiger partial charge in [0.1, 0.15) is 0 Å². The number of carbonyl (C=O) groups excluding carboxylic acids is 1. The number of carbonyl (C=O) groups is 2. The number of likely N-dealkylation sites (tertiary alicyclic amines) is 1. The summed E-state index contributed by atoms with van der Waals surface area (Å²) in [6.07, 6.45) is 2.35. The molecule has 0 saturated carbocycles. The summed E-state index contributed by atoms with van der Waals surface area (Å²) < 4.78 is 0. The normalized spacial score (nSPS) is 20.6. The Balaban J connectivity index is 2.35. The van der Waals surface area contributed by atoms with Crippen molar-refractivity contribution in [2.75, 3.05) is 19.6 Å². The van der Waals surface area contributed by atoms with Gasteiger partial charge >= 0.3 is 12.0 Å². The van der Waals surface area contributed by atoms with E-state index >= 15 is 0 Å². The Bertz CT molecular complexity index is 310. The van der Waals surface area contributed by atoms with Crippen molar-refractivity contribution in [3.8, 4) is 0 Å². The van der Waals surface area contributed by atoms with Gasteiger partial charge in [-0.3, -0.25) is 4.79 Å². The topological polar surface area (TPSA) is 69.6 Å². The van der Waals surface area contributed by atoms with Crippen molar-refractivity contribution < 1.29 is 14.7 Å². The van der Waals surface area contributed by atoms with Crippen LogP contribution in [0.15, 0.2) is 0 Å². The molecule has 0 radical (unpaired) electrons. The maximum absolute atomic E-state index is 11.9. The first-order chi connectivity index (χ1) is 8.29. The highest BCUT2D eigenvalue weighted by molar-refractivity contribution is 5.76. The first-order valence-electron chi connectivity index (χ1n) is 6.55. The van der Waals surface area contributed by atoms with Gasteiger partial charge in [0.15, 0.2) is 0 Å². The molecular weight excluding hydrogens is 232 g/mol. The number of hydrogen-bond acceptors (Lipinski definition) is 2. The van der Waals surface area contributed by atoms with E-state index in [-0.39, 0.29) is 11.4 Å². The van der Waals surface area contributed by atoms with Crippen molar-refractivity contribution >= 4 is 12.0 Å². The number of amides is 2. The van der Waals surface area contributed by atoms with E-state index in [0.29, 0.717) is 26.1 Å². The van der Waals surface area contributed by atoms with Gasteiger partial charge in [0, 0.05) is 19.6 Å². The summed E-state index contributed by atoms with van der Waals surface area (Å²) in [4.78, 5) is 24.4. The van der Waals surface area contributed by atoms with Gasteiger partial charge in [-0.1, -0.05) is 20.8 Å². The fraction of sp³-hybridized carbons (Fsp3) is 0.846. The SMILES string of the molecule is CC(C)(C)CCNC(=O)N1CCC[C@@H](C(=O)O)C1. The largest absolute Gasteiger partial charge is 0.481 e. The Morgan fingerprint density at radius 1 is 1.39 bits per heavy atom. The third kappa shape index (κ3) is 4.94. The van der Waals surface area contributed by atoms with Crippen LogP contribution in [0.4, 0.5) is 4.79 Å². The van der Waals surface area contributed by atoms with Gasteiger partial charge in [-0.15, -0.1) is 0 Å². The van der Waals surface area contributed by atoms with Crippen molar-refractivity contribution in [1.29, 1.82) is 0 Å². The van der Waals surface area contributed by atoms with Crippen LogP contribution in [0.25, 0.3) is 0 Å². The lowest BCUT2D eigenvalue weighted by molar-refractivity contribution is -0.143. The minimum Gasteiger partial charge on any atom is -0.481 e. The van der Waals surface area contributed by atoms with E-state index < -0.39 is 11.9 Å². The van der Waals surface area contributed by atoms with E-state index in [0.717, 1.165) is 12.8 Å². The van der Waals surface area contributed by atoms with Crippen LogP contribution in [0.3, 0.4) is 0 Å². The van der Waals surface area contributed by atoms with E-state index in [1.807, 2.05) is 0 Å². The average molecular weight is 256 g/mol. The van der Waals surface area contributed by atoms with E-state index in [9.17, 15) is 9.59 Å². The van der Waals surface area contributed by atoms with Gasteiger partial charge in [-0.05, 0) is 24.7 Å². The molecule has 1 fully saturated rings. The van der Waals surface area contributed by atoms with Crippen LogP contribution in [0.1, 0.15) is 40.0 Å². The maximum atomic E-state index is 11.9. The zero-order valence-corrected chi connectivity index (χ0v) is 11.5. The molecule has 1 rings (SSSR count). The second-order valence-electron chi connectivity index (χ2n) is 6.17. The van der Waals surface area contributed by atoms with Crippen molar-refractivity contribution in [1.82, 2.24) is 10.2 Å². The monoisotopic (exact) mass is 256 g/mol. The number of carboxylic acids is 1. The first-order valence-corrected chi connectivity index (χ1v) is 6.55. The summed E-state index contributed by atoms with van der Waals surface area (Å²) in [5, 5.41) is 11.8.